The quantitative estimate of drug-likeness (QED) is 0.442. The number of aryl methyl sites for hydroxylation is 3. The van der Waals surface area contributed by atoms with Gasteiger partial charge in [0.25, 0.3) is 0 Å². The summed E-state index contributed by atoms with van der Waals surface area (Å²) in [5, 5.41) is 13.2. The average Bonchev–Trinajstić information content (AvgIpc) is 3.24. The van der Waals surface area contributed by atoms with Gasteiger partial charge in [0.15, 0.2) is 5.65 Å². The highest BCUT2D eigenvalue weighted by atomic mass is 35.5. The summed E-state index contributed by atoms with van der Waals surface area (Å²) in [6, 6.07) is 8.17. The molecule has 0 unspecified atom stereocenters. The van der Waals surface area contributed by atoms with Crippen LogP contribution in [0.25, 0.3) is 22.2 Å². The maximum atomic E-state index is 13.3. The largest absolute Gasteiger partial charge is 0.354 e. The van der Waals surface area contributed by atoms with Gasteiger partial charge in [-0.1, -0.05) is 23.7 Å². The minimum absolute atomic E-state index is 0.0664. The molecule has 0 atom stereocenters. The summed E-state index contributed by atoms with van der Waals surface area (Å²) in [7, 11) is 0. The number of aromatic nitrogens is 5. The second kappa shape index (κ2) is 8.85. The highest BCUT2D eigenvalue weighted by Gasteiger charge is 2.16. The molecule has 0 spiro atoms. The third kappa shape index (κ3) is 4.59. The fourth-order valence-electron chi connectivity index (χ4n) is 3.53. The standard InChI is InChI=1S/C22H22ClFN6O/c1-14-19(23)12-29(27-14)11-3-9-25-20(31)13-30-22-21(15(2)28-30)18(8-10-26-22)16-4-6-17(24)7-5-16/h4-8,10,12H,3,9,11,13H2,1-2H3,(H,25,31). The topological polar surface area (TPSA) is 77.6 Å². The van der Waals surface area contributed by atoms with E-state index in [9.17, 15) is 9.18 Å². The van der Waals surface area contributed by atoms with Crippen molar-refractivity contribution < 1.29 is 9.18 Å². The van der Waals surface area contributed by atoms with Crippen LogP contribution < -0.4 is 5.32 Å². The first-order valence-electron chi connectivity index (χ1n) is 9.96. The summed E-state index contributed by atoms with van der Waals surface area (Å²) >= 11 is 6.00. The molecule has 0 bridgehead atoms. The Labute approximate surface area is 183 Å². The first-order chi connectivity index (χ1) is 14.9. The van der Waals surface area contributed by atoms with Gasteiger partial charge in [-0.2, -0.15) is 10.2 Å². The van der Waals surface area contributed by atoms with Crippen molar-refractivity contribution in [2.45, 2.75) is 33.4 Å². The monoisotopic (exact) mass is 440 g/mol. The maximum Gasteiger partial charge on any atom is 0.241 e. The van der Waals surface area contributed by atoms with Crippen molar-refractivity contribution in [1.82, 2.24) is 29.9 Å². The van der Waals surface area contributed by atoms with E-state index in [1.807, 2.05) is 19.9 Å². The number of hydrogen-bond acceptors (Lipinski definition) is 4. The van der Waals surface area contributed by atoms with E-state index >= 15 is 0 Å². The van der Waals surface area contributed by atoms with Crippen molar-refractivity contribution in [1.29, 1.82) is 0 Å². The summed E-state index contributed by atoms with van der Waals surface area (Å²) in [5.74, 6) is -0.433. The van der Waals surface area contributed by atoms with Crippen LogP contribution in [0.3, 0.4) is 0 Å². The molecule has 0 saturated carbocycles. The van der Waals surface area contributed by atoms with Gasteiger partial charge in [-0.25, -0.2) is 14.1 Å². The predicted octanol–water partition coefficient (Wildman–Crippen LogP) is 3.91. The fraction of sp³-hybridized carbons (Fsp3) is 0.273. The molecular weight excluding hydrogens is 419 g/mol. The predicted molar refractivity (Wildman–Crippen MR) is 117 cm³/mol. The summed E-state index contributed by atoms with van der Waals surface area (Å²) in [4.78, 5) is 16.9. The minimum atomic E-state index is -0.288. The van der Waals surface area contributed by atoms with Crippen LogP contribution in [-0.4, -0.2) is 37.0 Å². The number of fused-ring (bicyclic) bond motifs is 1. The second-order valence-corrected chi connectivity index (χ2v) is 7.74. The van der Waals surface area contributed by atoms with Gasteiger partial charge in [0.2, 0.25) is 5.91 Å². The number of pyridine rings is 1. The molecule has 4 rings (SSSR count). The number of carbonyl (C=O) groups excluding carboxylic acids is 1. The molecule has 3 aromatic heterocycles. The second-order valence-electron chi connectivity index (χ2n) is 7.34. The van der Waals surface area contributed by atoms with Crippen LogP contribution in [0.4, 0.5) is 4.39 Å². The third-order valence-electron chi connectivity index (χ3n) is 5.03. The molecule has 4 aromatic rings. The number of rotatable bonds is 7. The lowest BCUT2D eigenvalue weighted by Gasteiger charge is -2.07. The van der Waals surface area contributed by atoms with Crippen molar-refractivity contribution >= 4 is 28.5 Å². The van der Waals surface area contributed by atoms with Crippen molar-refractivity contribution in [3.63, 3.8) is 0 Å². The number of carbonyl (C=O) groups is 1. The Bertz CT molecular complexity index is 1210. The zero-order valence-corrected chi connectivity index (χ0v) is 18.0. The van der Waals surface area contributed by atoms with Gasteiger partial charge in [-0.05, 0) is 49.6 Å². The molecule has 31 heavy (non-hydrogen) atoms. The Balaban J connectivity index is 1.43. The van der Waals surface area contributed by atoms with Gasteiger partial charge in [0.05, 0.1) is 16.4 Å². The molecule has 1 N–H and O–H groups in total. The Morgan fingerprint density at radius 2 is 1.90 bits per heavy atom. The number of benzene rings is 1. The van der Waals surface area contributed by atoms with Crippen LogP contribution in [0, 0.1) is 19.7 Å². The van der Waals surface area contributed by atoms with E-state index in [0.717, 1.165) is 34.3 Å². The summed E-state index contributed by atoms with van der Waals surface area (Å²) < 4.78 is 16.7. The lowest BCUT2D eigenvalue weighted by molar-refractivity contribution is -0.121. The number of nitrogens with zero attached hydrogens (tertiary/aromatic N) is 5. The normalized spacial score (nSPS) is 11.2. The zero-order chi connectivity index (χ0) is 22.0. The van der Waals surface area contributed by atoms with E-state index in [-0.39, 0.29) is 18.3 Å². The van der Waals surface area contributed by atoms with Crippen molar-refractivity contribution in [2.24, 2.45) is 0 Å². The van der Waals surface area contributed by atoms with Crippen molar-refractivity contribution in [3.8, 4) is 11.1 Å². The van der Waals surface area contributed by atoms with E-state index < -0.39 is 0 Å². The molecule has 0 saturated heterocycles. The van der Waals surface area contributed by atoms with E-state index in [0.29, 0.717) is 23.8 Å². The first kappa shape index (κ1) is 21.0. The van der Waals surface area contributed by atoms with Gasteiger partial charge < -0.3 is 5.32 Å². The van der Waals surface area contributed by atoms with Crippen molar-refractivity contribution in [3.05, 3.63) is 65.0 Å². The smallest absolute Gasteiger partial charge is 0.241 e. The lowest BCUT2D eigenvalue weighted by atomic mass is 10.0. The highest BCUT2D eigenvalue weighted by molar-refractivity contribution is 6.31. The molecule has 7 nitrogen and oxygen atoms in total. The molecule has 160 valence electrons. The zero-order valence-electron chi connectivity index (χ0n) is 17.3. The molecule has 1 aromatic carbocycles. The summed E-state index contributed by atoms with van der Waals surface area (Å²) in [5.41, 5.74) is 3.95. The Morgan fingerprint density at radius 1 is 1.13 bits per heavy atom. The van der Waals surface area contributed by atoms with Gasteiger partial charge in [-0.15, -0.1) is 0 Å². The number of halogens is 2. The fourth-order valence-corrected chi connectivity index (χ4v) is 3.68. The summed E-state index contributed by atoms with van der Waals surface area (Å²) in [6.45, 7) is 4.98. The van der Waals surface area contributed by atoms with Crippen LogP contribution >= 0.6 is 11.6 Å². The molecular formula is C22H22ClFN6O. The average molecular weight is 441 g/mol. The number of nitrogens with one attached hydrogen (secondary N) is 1. The molecule has 0 fully saturated rings. The summed E-state index contributed by atoms with van der Waals surface area (Å²) in [6.07, 6.45) is 4.19. The maximum absolute atomic E-state index is 13.3. The molecule has 1 amide bonds. The van der Waals surface area contributed by atoms with Crippen LogP contribution in [0.2, 0.25) is 5.02 Å². The van der Waals surface area contributed by atoms with Gasteiger partial charge in [0, 0.05) is 30.9 Å². The highest BCUT2D eigenvalue weighted by Crippen LogP contribution is 2.29. The van der Waals surface area contributed by atoms with Gasteiger partial charge in [-0.3, -0.25) is 9.48 Å². The van der Waals surface area contributed by atoms with E-state index in [1.165, 1.54) is 12.1 Å². The first-order valence-corrected chi connectivity index (χ1v) is 10.3. The molecule has 0 radical (unpaired) electrons. The molecule has 9 heteroatoms. The Kier molecular flexibility index (Phi) is 5.99. The van der Waals surface area contributed by atoms with Crippen LogP contribution in [0.5, 0.6) is 0 Å². The van der Waals surface area contributed by atoms with Crippen molar-refractivity contribution in [2.75, 3.05) is 6.54 Å². The van der Waals surface area contributed by atoms with E-state index in [1.54, 1.807) is 33.9 Å². The van der Waals surface area contributed by atoms with Crippen LogP contribution in [0.15, 0.2) is 42.7 Å². The van der Waals surface area contributed by atoms with E-state index in [2.05, 4.69) is 20.5 Å². The Hall–Kier alpha value is -3.26. The lowest BCUT2D eigenvalue weighted by Crippen LogP contribution is -2.29. The minimum Gasteiger partial charge on any atom is -0.354 e. The molecule has 0 aliphatic rings. The number of amides is 1. The SMILES string of the molecule is Cc1nn(CCCNC(=O)Cn2nc(C)c3c(-c4ccc(F)cc4)ccnc32)cc1Cl. The Morgan fingerprint density at radius 3 is 2.61 bits per heavy atom. The molecule has 3 heterocycles. The van der Waals surface area contributed by atoms with Crippen LogP contribution in [-0.2, 0) is 17.9 Å². The van der Waals surface area contributed by atoms with E-state index in [4.69, 9.17) is 11.6 Å². The van der Waals surface area contributed by atoms with Gasteiger partial charge in [0.1, 0.15) is 12.4 Å². The molecule has 0 aliphatic carbocycles. The van der Waals surface area contributed by atoms with Crippen LogP contribution in [0.1, 0.15) is 17.8 Å². The third-order valence-corrected chi connectivity index (χ3v) is 5.40. The molecule has 0 aliphatic heterocycles. The number of hydrogen-bond donors (Lipinski definition) is 1. The van der Waals surface area contributed by atoms with Gasteiger partial charge >= 0.3 is 0 Å².